The van der Waals surface area contributed by atoms with Crippen molar-refractivity contribution >= 4 is 17.8 Å². The first-order valence-electron chi connectivity index (χ1n) is 14.0. The maximum absolute atomic E-state index is 13.6. The Hall–Kier alpha value is -3.33. The van der Waals surface area contributed by atoms with E-state index in [0.29, 0.717) is 13.0 Å². The lowest BCUT2D eigenvalue weighted by Crippen LogP contribution is -2.45. The van der Waals surface area contributed by atoms with E-state index >= 15 is 0 Å². The Bertz CT molecular complexity index is 1260. The number of fused-ring (bicyclic) bond motifs is 2. The van der Waals surface area contributed by atoms with Crippen molar-refractivity contribution in [1.29, 1.82) is 0 Å². The maximum Gasteiger partial charge on any atom is 0.312 e. The lowest BCUT2D eigenvalue weighted by Gasteiger charge is -2.28. The van der Waals surface area contributed by atoms with Gasteiger partial charge in [0.2, 0.25) is 11.8 Å². The summed E-state index contributed by atoms with van der Waals surface area (Å²) in [6.45, 7) is 4.45. The number of carbonyl (C=O) groups is 3. The van der Waals surface area contributed by atoms with Crippen LogP contribution in [0.2, 0.25) is 0 Å². The van der Waals surface area contributed by atoms with E-state index in [0.717, 1.165) is 11.1 Å². The zero-order chi connectivity index (χ0) is 28.8. The predicted molar refractivity (Wildman–Crippen MR) is 145 cm³/mol. The highest BCUT2D eigenvalue weighted by molar-refractivity contribution is 5.92. The van der Waals surface area contributed by atoms with Gasteiger partial charge >= 0.3 is 5.97 Å². The van der Waals surface area contributed by atoms with Crippen molar-refractivity contribution < 1.29 is 28.3 Å². The number of likely N-dealkylation sites (tertiary alicyclic amines) is 2. The highest BCUT2D eigenvalue weighted by Crippen LogP contribution is 2.52. The van der Waals surface area contributed by atoms with Gasteiger partial charge in [-0.25, -0.2) is 8.78 Å². The predicted octanol–water partition coefficient (Wildman–Crippen LogP) is 4.44. The van der Waals surface area contributed by atoms with Gasteiger partial charge in [-0.05, 0) is 50.7 Å². The number of rotatable bonds is 5. The van der Waals surface area contributed by atoms with Crippen molar-refractivity contribution in [2.45, 2.75) is 69.5 Å². The number of hydrogen-bond acceptors (Lipinski definition) is 4. The first kappa shape index (κ1) is 28.2. The summed E-state index contributed by atoms with van der Waals surface area (Å²) in [4.78, 5) is 40.0. The smallest absolute Gasteiger partial charge is 0.312 e. The molecule has 4 fully saturated rings. The molecule has 3 N–H and O–H groups in total. The Kier molecular flexibility index (Phi) is 7.46. The molecule has 2 aromatic rings. The molecule has 4 aliphatic rings. The Morgan fingerprint density at radius 2 is 1.27 bits per heavy atom. The molecule has 2 saturated carbocycles. The largest absolute Gasteiger partial charge is 0.481 e. The number of halogens is 2. The van der Waals surface area contributed by atoms with Crippen LogP contribution in [0.1, 0.15) is 62.7 Å². The van der Waals surface area contributed by atoms with Gasteiger partial charge in [-0.3, -0.25) is 14.4 Å². The first-order valence-corrected chi connectivity index (χ1v) is 14.0. The van der Waals surface area contributed by atoms with E-state index in [1.165, 1.54) is 0 Å². The van der Waals surface area contributed by atoms with Crippen LogP contribution in [0.15, 0.2) is 60.7 Å². The highest BCUT2D eigenvalue weighted by atomic mass is 19.1. The molecule has 2 saturated heterocycles. The molecular formula is C31H37F2N3O4. The summed E-state index contributed by atoms with van der Waals surface area (Å²) in [5.41, 5.74) is 6.39. The summed E-state index contributed by atoms with van der Waals surface area (Å²) in [5, 5.41) is 9.53. The summed E-state index contributed by atoms with van der Waals surface area (Å²) < 4.78 is 27.1. The molecular weight excluding hydrogens is 516 g/mol. The first-order chi connectivity index (χ1) is 19.0. The van der Waals surface area contributed by atoms with Gasteiger partial charge in [0.25, 0.3) is 0 Å². The molecule has 9 heteroatoms. The minimum Gasteiger partial charge on any atom is -0.481 e. The number of nitrogens with two attached hydrogens (primary N) is 1. The van der Waals surface area contributed by atoms with Gasteiger partial charge in [0.05, 0.1) is 29.3 Å². The van der Waals surface area contributed by atoms with Crippen LogP contribution in [0.4, 0.5) is 8.78 Å². The quantitative estimate of drug-likeness (QED) is 0.570. The third-order valence-corrected chi connectivity index (χ3v) is 9.54. The van der Waals surface area contributed by atoms with E-state index in [-0.39, 0.29) is 55.6 Å². The van der Waals surface area contributed by atoms with Gasteiger partial charge in [0.1, 0.15) is 12.3 Å². The lowest BCUT2D eigenvalue weighted by atomic mass is 9.80. The van der Waals surface area contributed by atoms with Crippen molar-refractivity contribution in [3.8, 4) is 0 Å². The van der Waals surface area contributed by atoms with Crippen LogP contribution in [0, 0.1) is 17.3 Å². The average Bonchev–Trinajstić information content (AvgIpc) is 3.60. The van der Waals surface area contributed by atoms with Crippen LogP contribution in [-0.4, -0.2) is 63.7 Å². The second-order valence-electron chi connectivity index (χ2n) is 12.0. The molecule has 40 heavy (non-hydrogen) atoms. The summed E-state index contributed by atoms with van der Waals surface area (Å²) in [7, 11) is 0. The van der Waals surface area contributed by atoms with Crippen molar-refractivity contribution in [1.82, 2.24) is 9.80 Å². The molecule has 6 rings (SSSR count). The van der Waals surface area contributed by atoms with E-state index in [1.54, 1.807) is 4.90 Å². The van der Waals surface area contributed by atoms with Crippen LogP contribution in [0.3, 0.4) is 0 Å². The van der Waals surface area contributed by atoms with Gasteiger partial charge in [0, 0.05) is 18.6 Å². The Balaban J connectivity index is 0.000000162. The standard InChI is InChI=1S/C16H18FNO3.C15H19FN2O/c1-10(11-5-3-2-4-6-11)18-9-16(15(20)21)8-12(17)7-13(16)14(18)19;1-10(11-5-3-2-4-6-11)18-9-15(17)8-12(16)7-13(15)14(18)19/h2-6,10,12-13H,7-9H2,1H3,(H,20,21);2-6,10,12-13H,7-9,17H2,1H3/t10-,12?,13-,16-;10-,12?,13-,15-/m11/s1. The Morgan fingerprint density at radius 3 is 1.75 bits per heavy atom. The molecule has 2 aromatic carbocycles. The molecule has 0 spiro atoms. The molecule has 2 aliphatic heterocycles. The lowest BCUT2D eigenvalue weighted by molar-refractivity contribution is -0.150. The number of hydrogen-bond donors (Lipinski definition) is 2. The Morgan fingerprint density at radius 1 is 0.825 bits per heavy atom. The summed E-state index contributed by atoms with van der Waals surface area (Å²) >= 11 is 0. The molecule has 0 bridgehead atoms. The van der Waals surface area contributed by atoms with Crippen LogP contribution in [0.25, 0.3) is 0 Å². The zero-order valence-electron chi connectivity index (χ0n) is 22.9. The van der Waals surface area contributed by atoms with Crippen molar-refractivity contribution in [3.63, 3.8) is 0 Å². The van der Waals surface area contributed by atoms with Gasteiger partial charge in [0.15, 0.2) is 0 Å². The molecule has 0 aromatic heterocycles. The zero-order valence-corrected chi connectivity index (χ0v) is 22.9. The summed E-state index contributed by atoms with van der Waals surface area (Å²) in [6.07, 6.45) is -1.55. The molecule has 8 atom stereocenters. The normalized spacial score (nSPS) is 34.2. The number of benzene rings is 2. The molecule has 214 valence electrons. The minimum atomic E-state index is -1.25. The Labute approximate surface area is 233 Å². The minimum absolute atomic E-state index is 0.00205. The molecule has 2 aliphatic carbocycles. The van der Waals surface area contributed by atoms with Gasteiger partial charge in [-0.2, -0.15) is 0 Å². The fourth-order valence-electron chi connectivity index (χ4n) is 7.22. The van der Waals surface area contributed by atoms with Gasteiger partial charge < -0.3 is 20.6 Å². The molecule has 2 unspecified atom stereocenters. The number of nitrogens with zero attached hydrogens (tertiary/aromatic N) is 2. The number of carbonyl (C=O) groups excluding carboxylic acids is 2. The van der Waals surface area contributed by atoms with E-state index in [4.69, 9.17) is 5.73 Å². The summed E-state index contributed by atoms with van der Waals surface area (Å²) in [6, 6.07) is 19.2. The van der Waals surface area contributed by atoms with Crippen LogP contribution in [0.5, 0.6) is 0 Å². The van der Waals surface area contributed by atoms with Crippen molar-refractivity contribution in [2.24, 2.45) is 23.0 Å². The van der Waals surface area contributed by atoms with Crippen LogP contribution in [-0.2, 0) is 14.4 Å². The summed E-state index contributed by atoms with van der Waals surface area (Å²) in [5.74, 6) is -2.33. The van der Waals surface area contributed by atoms with E-state index < -0.39 is 35.2 Å². The number of amides is 2. The molecule has 2 amide bonds. The monoisotopic (exact) mass is 553 g/mol. The van der Waals surface area contributed by atoms with Crippen molar-refractivity contribution in [3.05, 3.63) is 71.8 Å². The highest BCUT2D eigenvalue weighted by Gasteiger charge is 2.63. The van der Waals surface area contributed by atoms with Gasteiger partial charge in [-0.1, -0.05) is 60.7 Å². The molecule has 2 heterocycles. The second-order valence-corrected chi connectivity index (χ2v) is 12.0. The molecule has 0 radical (unpaired) electrons. The number of aliphatic carboxylic acids is 1. The average molecular weight is 554 g/mol. The van der Waals surface area contributed by atoms with E-state index in [9.17, 15) is 28.3 Å². The molecule has 7 nitrogen and oxygen atoms in total. The fraction of sp³-hybridized carbons (Fsp3) is 0.516. The van der Waals surface area contributed by atoms with Crippen LogP contribution < -0.4 is 5.73 Å². The third-order valence-electron chi connectivity index (χ3n) is 9.54. The van der Waals surface area contributed by atoms with E-state index in [1.807, 2.05) is 79.4 Å². The number of alkyl halides is 2. The van der Waals surface area contributed by atoms with Crippen LogP contribution >= 0.6 is 0 Å². The van der Waals surface area contributed by atoms with Gasteiger partial charge in [-0.15, -0.1) is 0 Å². The second kappa shape index (κ2) is 10.6. The maximum atomic E-state index is 13.6. The number of carboxylic acids is 1. The van der Waals surface area contributed by atoms with E-state index in [2.05, 4.69) is 0 Å². The number of carboxylic acid groups (broad SMARTS) is 1. The third kappa shape index (κ3) is 4.78. The SMILES string of the molecule is C[C@H](c1ccccc1)N1C[C@]2(C(=O)O)CC(F)C[C@@H]2C1=O.C[C@H](c1ccccc1)N1C[C@]2(N)CC(F)C[C@@H]2C1=O. The fourth-order valence-corrected chi connectivity index (χ4v) is 7.22. The topological polar surface area (TPSA) is 104 Å². The van der Waals surface area contributed by atoms with Crippen molar-refractivity contribution in [2.75, 3.05) is 13.1 Å².